The van der Waals surface area contributed by atoms with E-state index in [9.17, 15) is 9.59 Å². The second-order valence-corrected chi connectivity index (χ2v) is 4.13. The summed E-state index contributed by atoms with van der Waals surface area (Å²) in [4.78, 5) is 27.5. The second kappa shape index (κ2) is 7.20. The molecule has 0 bridgehead atoms. The number of hydrogen-bond donors (Lipinski definition) is 1. The fourth-order valence-corrected chi connectivity index (χ4v) is 2.02. The summed E-state index contributed by atoms with van der Waals surface area (Å²) in [6.07, 6.45) is 0. The molecular formula is C12H23N3O3. The van der Waals surface area contributed by atoms with Crippen molar-refractivity contribution in [3.63, 3.8) is 0 Å². The van der Waals surface area contributed by atoms with Crippen molar-refractivity contribution in [1.29, 1.82) is 0 Å². The summed E-state index contributed by atoms with van der Waals surface area (Å²) in [5.74, 6) is -0.141. The van der Waals surface area contributed by atoms with Crippen LogP contribution in [-0.4, -0.2) is 67.2 Å². The highest BCUT2D eigenvalue weighted by molar-refractivity contribution is 5.87. The first-order chi connectivity index (χ1) is 8.65. The van der Waals surface area contributed by atoms with Crippen molar-refractivity contribution in [2.75, 3.05) is 39.4 Å². The molecular weight excluding hydrogens is 234 g/mol. The number of morpholine rings is 1. The molecule has 1 aliphatic rings. The third-order valence-electron chi connectivity index (χ3n) is 3.06. The number of urea groups is 1. The van der Waals surface area contributed by atoms with Crippen LogP contribution in [0.2, 0.25) is 0 Å². The van der Waals surface area contributed by atoms with Crippen LogP contribution in [0.5, 0.6) is 0 Å². The number of nitrogens with one attached hydrogen (secondary N) is 1. The number of likely N-dealkylation sites (N-methyl/N-ethyl adjacent to an activating group) is 1. The second-order valence-electron chi connectivity index (χ2n) is 4.13. The molecule has 104 valence electrons. The van der Waals surface area contributed by atoms with Crippen molar-refractivity contribution in [2.45, 2.75) is 26.8 Å². The van der Waals surface area contributed by atoms with Crippen molar-refractivity contribution >= 4 is 11.9 Å². The van der Waals surface area contributed by atoms with E-state index in [1.165, 1.54) is 0 Å². The third-order valence-corrected chi connectivity index (χ3v) is 3.06. The molecule has 1 aliphatic heterocycles. The molecule has 0 spiro atoms. The first-order valence-electron chi connectivity index (χ1n) is 6.56. The molecule has 1 N–H and O–H groups in total. The van der Waals surface area contributed by atoms with Gasteiger partial charge in [-0.05, 0) is 20.8 Å². The van der Waals surface area contributed by atoms with Crippen LogP contribution in [0.15, 0.2) is 0 Å². The molecule has 6 heteroatoms. The maximum atomic E-state index is 12.3. The highest BCUT2D eigenvalue weighted by Gasteiger charge is 2.34. The van der Waals surface area contributed by atoms with Gasteiger partial charge in [-0.2, -0.15) is 0 Å². The molecule has 1 fully saturated rings. The molecule has 1 unspecified atom stereocenters. The van der Waals surface area contributed by atoms with Crippen molar-refractivity contribution in [3.8, 4) is 0 Å². The lowest BCUT2D eigenvalue weighted by molar-refractivity contribution is -0.130. The minimum absolute atomic E-state index is 0.0837. The Balaban J connectivity index is 2.75. The Kier molecular flexibility index (Phi) is 5.91. The van der Waals surface area contributed by atoms with E-state index < -0.39 is 6.04 Å². The lowest BCUT2D eigenvalue weighted by Gasteiger charge is -2.37. The number of amides is 3. The SMILES string of the molecule is CCNC(=O)C1COCCN1C(=O)N(CC)CC. The quantitative estimate of drug-likeness (QED) is 0.787. The Labute approximate surface area is 108 Å². The molecule has 1 atom stereocenters. The number of nitrogens with zero attached hydrogens (tertiary/aromatic N) is 2. The molecule has 0 aliphatic carbocycles. The highest BCUT2D eigenvalue weighted by atomic mass is 16.5. The van der Waals surface area contributed by atoms with Crippen molar-refractivity contribution in [1.82, 2.24) is 15.1 Å². The van der Waals surface area contributed by atoms with Crippen LogP contribution in [0.3, 0.4) is 0 Å². The Morgan fingerprint density at radius 2 is 2.00 bits per heavy atom. The average molecular weight is 257 g/mol. The third kappa shape index (κ3) is 3.35. The molecule has 3 amide bonds. The van der Waals surface area contributed by atoms with Gasteiger partial charge < -0.3 is 19.9 Å². The Hall–Kier alpha value is -1.30. The van der Waals surface area contributed by atoms with Gasteiger partial charge in [0.2, 0.25) is 5.91 Å². The van der Waals surface area contributed by atoms with E-state index in [0.29, 0.717) is 32.8 Å². The predicted octanol–water partition coefficient (Wildman–Crippen LogP) is 0.285. The van der Waals surface area contributed by atoms with Gasteiger partial charge in [0.1, 0.15) is 6.04 Å². The highest BCUT2D eigenvalue weighted by Crippen LogP contribution is 2.10. The Bertz CT molecular complexity index is 292. The zero-order valence-corrected chi connectivity index (χ0v) is 11.4. The average Bonchev–Trinajstić information content (AvgIpc) is 2.40. The summed E-state index contributed by atoms with van der Waals surface area (Å²) in [6.45, 7) is 8.81. The van der Waals surface area contributed by atoms with Crippen LogP contribution in [0.25, 0.3) is 0 Å². The van der Waals surface area contributed by atoms with Crippen LogP contribution in [0.4, 0.5) is 4.79 Å². The summed E-state index contributed by atoms with van der Waals surface area (Å²) in [5, 5.41) is 2.74. The number of ether oxygens (including phenoxy) is 1. The minimum Gasteiger partial charge on any atom is -0.377 e. The minimum atomic E-state index is -0.508. The standard InChI is InChI=1S/C12H23N3O3/c1-4-13-11(16)10-9-18-8-7-15(10)12(17)14(5-2)6-3/h10H,4-9H2,1-3H3,(H,13,16). The number of carbonyl (C=O) groups is 2. The molecule has 6 nitrogen and oxygen atoms in total. The first-order valence-corrected chi connectivity index (χ1v) is 6.56. The zero-order valence-electron chi connectivity index (χ0n) is 11.4. The van der Waals surface area contributed by atoms with Crippen molar-refractivity contribution < 1.29 is 14.3 Å². The van der Waals surface area contributed by atoms with Gasteiger partial charge in [0.05, 0.1) is 13.2 Å². The normalized spacial score (nSPS) is 19.5. The lowest BCUT2D eigenvalue weighted by atomic mass is 10.2. The summed E-state index contributed by atoms with van der Waals surface area (Å²) < 4.78 is 5.30. The monoisotopic (exact) mass is 257 g/mol. The number of carbonyl (C=O) groups excluding carboxylic acids is 2. The van der Waals surface area contributed by atoms with Gasteiger partial charge in [-0.25, -0.2) is 4.79 Å². The fraction of sp³-hybridized carbons (Fsp3) is 0.833. The van der Waals surface area contributed by atoms with Crippen LogP contribution >= 0.6 is 0 Å². The molecule has 0 aromatic heterocycles. The first kappa shape index (κ1) is 14.8. The topological polar surface area (TPSA) is 61.9 Å². The van der Waals surface area contributed by atoms with Gasteiger partial charge in [0, 0.05) is 26.2 Å². The van der Waals surface area contributed by atoms with E-state index in [-0.39, 0.29) is 18.5 Å². The van der Waals surface area contributed by atoms with E-state index in [1.54, 1.807) is 9.80 Å². The summed E-state index contributed by atoms with van der Waals surface area (Å²) in [5.41, 5.74) is 0. The van der Waals surface area contributed by atoms with Gasteiger partial charge in [0.25, 0.3) is 0 Å². The van der Waals surface area contributed by atoms with E-state index in [2.05, 4.69) is 5.32 Å². The van der Waals surface area contributed by atoms with E-state index in [1.807, 2.05) is 20.8 Å². The fourth-order valence-electron chi connectivity index (χ4n) is 2.02. The van der Waals surface area contributed by atoms with Crippen molar-refractivity contribution in [3.05, 3.63) is 0 Å². The van der Waals surface area contributed by atoms with Crippen LogP contribution < -0.4 is 5.32 Å². The van der Waals surface area contributed by atoms with Crippen molar-refractivity contribution in [2.24, 2.45) is 0 Å². The molecule has 0 aromatic rings. The largest absolute Gasteiger partial charge is 0.377 e. The molecule has 1 saturated heterocycles. The van der Waals surface area contributed by atoms with Gasteiger partial charge >= 0.3 is 6.03 Å². The zero-order chi connectivity index (χ0) is 13.5. The molecule has 18 heavy (non-hydrogen) atoms. The maximum Gasteiger partial charge on any atom is 0.320 e. The van der Waals surface area contributed by atoms with E-state index in [4.69, 9.17) is 4.74 Å². The molecule has 1 heterocycles. The molecule has 0 saturated carbocycles. The van der Waals surface area contributed by atoms with Gasteiger partial charge in [0.15, 0.2) is 0 Å². The van der Waals surface area contributed by atoms with Crippen LogP contribution in [-0.2, 0) is 9.53 Å². The van der Waals surface area contributed by atoms with E-state index >= 15 is 0 Å². The maximum absolute atomic E-state index is 12.3. The summed E-state index contributed by atoms with van der Waals surface area (Å²) in [6, 6.07) is -0.591. The Morgan fingerprint density at radius 3 is 2.56 bits per heavy atom. The molecule has 1 rings (SSSR count). The smallest absolute Gasteiger partial charge is 0.320 e. The van der Waals surface area contributed by atoms with Crippen LogP contribution in [0, 0.1) is 0 Å². The molecule has 0 aromatic carbocycles. The number of hydrogen-bond acceptors (Lipinski definition) is 3. The number of rotatable bonds is 4. The summed E-state index contributed by atoms with van der Waals surface area (Å²) in [7, 11) is 0. The Morgan fingerprint density at radius 1 is 1.33 bits per heavy atom. The summed E-state index contributed by atoms with van der Waals surface area (Å²) >= 11 is 0. The molecule has 0 radical (unpaired) electrons. The van der Waals surface area contributed by atoms with Gasteiger partial charge in [-0.1, -0.05) is 0 Å². The van der Waals surface area contributed by atoms with Gasteiger partial charge in [-0.15, -0.1) is 0 Å². The predicted molar refractivity (Wildman–Crippen MR) is 68.3 cm³/mol. The van der Waals surface area contributed by atoms with E-state index in [0.717, 1.165) is 0 Å². The van der Waals surface area contributed by atoms with Gasteiger partial charge in [-0.3, -0.25) is 4.79 Å². The lowest BCUT2D eigenvalue weighted by Crippen LogP contribution is -2.58. The van der Waals surface area contributed by atoms with Crippen LogP contribution in [0.1, 0.15) is 20.8 Å².